The first-order valence-corrected chi connectivity index (χ1v) is 8.36. The Morgan fingerprint density at radius 1 is 1.23 bits per heavy atom. The Labute approximate surface area is 135 Å². The molecule has 2 N–H and O–H groups in total. The number of guanidine groups is 1. The van der Waals surface area contributed by atoms with Gasteiger partial charge in [0.25, 0.3) is 0 Å². The van der Waals surface area contributed by atoms with Crippen molar-refractivity contribution in [2.45, 2.75) is 52.2 Å². The lowest BCUT2D eigenvalue weighted by Gasteiger charge is -2.26. The van der Waals surface area contributed by atoms with Crippen LogP contribution in [0.1, 0.15) is 37.8 Å². The van der Waals surface area contributed by atoms with Gasteiger partial charge in [-0.15, -0.1) is 0 Å². The van der Waals surface area contributed by atoms with E-state index in [1.807, 2.05) is 7.05 Å². The first-order chi connectivity index (χ1) is 10.6. The number of aryl methyl sites for hydroxylation is 1. The first kappa shape index (κ1) is 16.8. The molecule has 0 saturated heterocycles. The number of benzene rings is 1. The minimum absolute atomic E-state index is 0.622. The lowest BCUT2D eigenvalue weighted by atomic mass is 10.1. The molecule has 0 radical (unpaired) electrons. The molecule has 1 aromatic rings. The van der Waals surface area contributed by atoms with Crippen molar-refractivity contribution in [1.82, 2.24) is 15.5 Å². The van der Waals surface area contributed by atoms with Crippen LogP contribution in [0.3, 0.4) is 0 Å². The second kappa shape index (κ2) is 8.18. The summed E-state index contributed by atoms with van der Waals surface area (Å²) in [6.45, 7) is 9.48. The van der Waals surface area contributed by atoms with Gasteiger partial charge in [0, 0.05) is 38.8 Å². The maximum Gasteiger partial charge on any atom is 0.191 e. The summed E-state index contributed by atoms with van der Waals surface area (Å²) in [6, 6.07) is 10.0. The number of aliphatic imine (C=N–C) groups is 1. The Bertz CT molecular complexity index is 472. The summed E-state index contributed by atoms with van der Waals surface area (Å²) in [6.07, 6.45) is 2.72. The van der Waals surface area contributed by atoms with Crippen LogP contribution in [0.4, 0.5) is 0 Å². The molecular formula is C18H30N4. The first-order valence-electron chi connectivity index (χ1n) is 8.36. The van der Waals surface area contributed by atoms with Crippen molar-refractivity contribution in [3.05, 3.63) is 35.4 Å². The average Bonchev–Trinajstić information content (AvgIpc) is 3.32. The van der Waals surface area contributed by atoms with Gasteiger partial charge in [0.05, 0.1) is 0 Å². The minimum Gasteiger partial charge on any atom is -0.355 e. The molecule has 1 aliphatic rings. The highest BCUT2D eigenvalue weighted by Crippen LogP contribution is 2.27. The molecule has 0 aliphatic heterocycles. The van der Waals surface area contributed by atoms with E-state index in [1.165, 1.54) is 24.0 Å². The largest absolute Gasteiger partial charge is 0.355 e. The normalized spacial score (nSPS) is 15.5. The molecule has 0 heterocycles. The third kappa shape index (κ3) is 5.34. The van der Waals surface area contributed by atoms with Crippen molar-refractivity contribution in [1.29, 1.82) is 0 Å². The van der Waals surface area contributed by atoms with E-state index in [9.17, 15) is 0 Å². The van der Waals surface area contributed by atoms with E-state index >= 15 is 0 Å². The molecule has 1 saturated carbocycles. The van der Waals surface area contributed by atoms with E-state index < -0.39 is 0 Å². The summed E-state index contributed by atoms with van der Waals surface area (Å²) >= 11 is 0. The summed E-state index contributed by atoms with van der Waals surface area (Å²) in [7, 11) is 1.82. The van der Waals surface area contributed by atoms with Crippen LogP contribution >= 0.6 is 0 Å². The van der Waals surface area contributed by atoms with Crippen molar-refractivity contribution in [3.63, 3.8) is 0 Å². The van der Waals surface area contributed by atoms with Gasteiger partial charge in [-0.1, -0.05) is 29.8 Å². The van der Waals surface area contributed by atoms with Crippen LogP contribution in [0.5, 0.6) is 0 Å². The zero-order valence-corrected chi connectivity index (χ0v) is 14.4. The quantitative estimate of drug-likeness (QED) is 0.600. The SMILES string of the molecule is CN=C(NCCN(C(C)C)C1CC1)NCc1ccc(C)cc1. The molecule has 22 heavy (non-hydrogen) atoms. The summed E-state index contributed by atoms with van der Waals surface area (Å²) in [5, 5.41) is 6.79. The van der Waals surface area contributed by atoms with E-state index in [-0.39, 0.29) is 0 Å². The Morgan fingerprint density at radius 3 is 2.45 bits per heavy atom. The van der Waals surface area contributed by atoms with Gasteiger partial charge in [-0.05, 0) is 39.2 Å². The molecule has 0 spiro atoms. The fourth-order valence-electron chi connectivity index (χ4n) is 2.68. The van der Waals surface area contributed by atoms with Gasteiger partial charge in [-0.3, -0.25) is 9.89 Å². The number of rotatable bonds is 7. The molecule has 0 bridgehead atoms. The lowest BCUT2D eigenvalue weighted by molar-refractivity contribution is 0.215. The molecule has 2 rings (SSSR count). The van der Waals surface area contributed by atoms with Gasteiger partial charge < -0.3 is 10.6 Å². The summed E-state index contributed by atoms with van der Waals surface area (Å²) < 4.78 is 0. The predicted molar refractivity (Wildman–Crippen MR) is 94.2 cm³/mol. The Balaban J connectivity index is 1.71. The molecule has 122 valence electrons. The van der Waals surface area contributed by atoms with E-state index in [4.69, 9.17) is 0 Å². The number of nitrogens with one attached hydrogen (secondary N) is 2. The summed E-state index contributed by atoms with van der Waals surface area (Å²) in [5.74, 6) is 0.875. The molecule has 1 aromatic carbocycles. The highest BCUT2D eigenvalue weighted by atomic mass is 15.2. The maximum absolute atomic E-state index is 4.30. The fraction of sp³-hybridized carbons (Fsp3) is 0.611. The predicted octanol–water partition coefficient (Wildman–Crippen LogP) is 2.53. The van der Waals surface area contributed by atoms with Crippen molar-refractivity contribution in [2.24, 2.45) is 4.99 Å². The maximum atomic E-state index is 4.30. The summed E-state index contributed by atoms with van der Waals surface area (Å²) in [5.41, 5.74) is 2.57. The van der Waals surface area contributed by atoms with Gasteiger partial charge in [0.2, 0.25) is 0 Å². The third-order valence-corrected chi connectivity index (χ3v) is 4.15. The van der Waals surface area contributed by atoms with E-state index in [1.54, 1.807) is 0 Å². The fourth-order valence-corrected chi connectivity index (χ4v) is 2.68. The van der Waals surface area contributed by atoms with Gasteiger partial charge in [-0.25, -0.2) is 0 Å². The van der Waals surface area contributed by atoms with Crippen molar-refractivity contribution in [3.8, 4) is 0 Å². The molecule has 0 amide bonds. The van der Waals surface area contributed by atoms with Crippen molar-refractivity contribution < 1.29 is 0 Å². The summed E-state index contributed by atoms with van der Waals surface area (Å²) in [4.78, 5) is 6.88. The second-order valence-corrected chi connectivity index (χ2v) is 6.40. The van der Waals surface area contributed by atoms with Crippen LogP contribution in [0.25, 0.3) is 0 Å². The zero-order chi connectivity index (χ0) is 15.9. The average molecular weight is 302 g/mol. The molecular weight excluding hydrogens is 272 g/mol. The van der Waals surface area contributed by atoms with Crippen LogP contribution < -0.4 is 10.6 Å². The van der Waals surface area contributed by atoms with Crippen molar-refractivity contribution in [2.75, 3.05) is 20.1 Å². The number of hydrogen-bond donors (Lipinski definition) is 2. The van der Waals surface area contributed by atoms with Crippen LogP contribution in [-0.4, -0.2) is 43.1 Å². The Kier molecular flexibility index (Phi) is 6.25. The molecule has 0 aromatic heterocycles. The molecule has 0 atom stereocenters. The van der Waals surface area contributed by atoms with Crippen LogP contribution in [-0.2, 0) is 6.54 Å². The third-order valence-electron chi connectivity index (χ3n) is 4.15. The van der Waals surface area contributed by atoms with Crippen molar-refractivity contribution >= 4 is 5.96 Å². The molecule has 4 nitrogen and oxygen atoms in total. The van der Waals surface area contributed by atoms with E-state index in [0.29, 0.717) is 6.04 Å². The van der Waals surface area contributed by atoms with Crippen LogP contribution in [0.2, 0.25) is 0 Å². The van der Waals surface area contributed by atoms with E-state index in [2.05, 4.69) is 65.6 Å². The number of hydrogen-bond acceptors (Lipinski definition) is 2. The standard InChI is InChI=1S/C18H30N4/c1-14(2)22(17-9-10-17)12-11-20-18(19-4)21-13-16-7-5-15(3)6-8-16/h5-8,14,17H,9-13H2,1-4H3,(H2,19,20,21). The lowest BCUT2D eigenvalue weighted by Crippen LogP contribution is -2.43. The van der Waals surface area contributed by atoms with Crippen LogP contribution in [0.15, 0.2) is 29.3 Å². The minimum atomic E-state index is 0.622. The Hall–Kier alpha value is -1.55. The molecule has 0 unspecified atom stereocenters. The van der Waals surface area contributed by atoms with Gasteiger partial charge in [-0.2, -0.15) is 0 Å². The number of nitrogens with zero attached hydrogens (tertiary/aromatic N) is 2. The second-order valence-electron chi connectivity index (χ2n) is 6.40. The smallest absolute Gasteiger partial charge is 0.191 e. The zero-order valence-electron chi connectivity index (χ0n) is 14.4. The molecule has 1 aliphatic carbocycles. The van der Waals surface area contributed by atoms with Crippen LogP contribution in [0, 0.1) is 6.92 Å². The highest BCUT2D eigenvalue weighted by Gasteiger charge is 2.29. The highest BCUT2D eigenvalue weighted by molar-refractivity contribution is 5.79. The van der Waals surface area contributed by atoms with Gasteiger partial charge >= 0.3 is 0 Å². The molecule has 1 fully saturated rings. The van der Waals surface area contributed by atoms with E-state index in [0.717, 1.165) is 31.6 Å². The van der Waals surface area contributed by atoms with Gasteiger partial charge in [0.1, 0.15) is 0 Å². The molecule has 4 heteroatoms. The monoisotopic (exact) mass is 302 g/mol. The van der Waals surface area contributed by atoms with Gasteiger partial charge in [0.15, 0.2) is 5.96 Å². The Morgan fingerprint density at radius 2 is 1.91 bits per heavy atom. The topological polar surface area (TPSA) is 39.7 Å².